The largest absolute Gasteiger partial charge is 0.504 e. The van der Waals surface area contributed by atoms with Crippen LogP contribution in [0.1, 0.15) is 10.5 Å². The Balaban J connectivity index is 2.39. The molecule has 2 heterocycles. The van der Waals surface area contributed by atoms with Gasteiger partial charge in [0.2, 0.25) is 0 Å². The first-order valence-electron chi connectivity index (χ1n) is 5.57. The van der Waals surface area contributed by atoms with Gasteiger partial charge in [-0.15, -0.1) is 11.3 Å². The van der Waals surface area contributed by atoms with E-state index in [9.17, 15) is 9.90 Å². The van der Waals surface area contributed by atoms with Gasteiger partial charge < -0.3 is 10.2 Å². The van der Waals surface area contributed by atoms with Crippen LogP contribution in [0.2, 0.25) is 0 Å². The number of carboxylic acid groups (broad SMARTS) is 1. The lowest BCUT2D eigenvalue weighted by Crippen LogP contribution is -2.02. The maximum atomic E-state index is 11.2. The first kappa shape index (κ1) is 11.7. The molecule has 0 saturated heterocycles. The lowest BCUT2D eigenvalue weighted by atomic mass is 10.1. The van der Waals surface area contributed by atoms with Crippen molar-refractivity contribution < 1.29 is 15.0 Å². The highest BCUT2D eigenvalue weighted by molar-refractivity contribution is 7.17. The summed E-state index contributed by atoms with van der Waals surface area (Å²) in [4.78, 5) is 15.3. The molecule has 0 radical (unpaired) electrons. The van der Waals surface area contributed by atoms with Crippen LogP contribution in [0, 0.1) is 0 Å². The van der Waals surface area contributed by atoms with Crippen LogP contribution in [-0.4, -0.2) is 21.2 Å². The van der Waals surface area contributed by atoms with Gasteiger partial charge in [0.15, 0.2) is 11.4 Å². The molecule has 94 valence electrons. The average molecular weight is 271 g/mol. The van der Waals surface area contributed by atoms with Crippen molar-refractivity contribution >= 4 is 27.4 Å². The molecular weight excluding hydrogens is 262 g/mol. The molecule has 0 fully saturated rings. The fourth-order valence-corrected chi connectivity index (χ4v) is 2.82. The topological polar surface area (TPSA) is 70.4 Å². The van der Waals surface area contributed by atoms with Crippen molar-refractivity contribution in [2.24, 2.45) is 0 Å². The van der Waals surface area contributed by atoms with Crippen LogP contribution in [-0.2, 0) is 0 Å². The number of benzene rings is 1. The highest BCUT2D eigenvalue weighted by Crippen LogP contribution is 2.37. The quantitative estimate of drug-likeness (QED) is 0.749. The number of thiophene rings is 1. The summed E-state index contributed by atoms with van der Waals surface area (Å²) >= 11 is 1.30. The van der Waals surface area contributed by atoms with Crippen molar-refractivity contribution in [3.63, 3.8) is 0 Å². The van der Waals surface area contributed by atoms with E-state index in [1.54, 1.807) is 0 Å². The van der Waals surface area contributed by atoms with E-state index in [4.69, 9.17) is 5.11 Å². The van der Waals surface area contributed by atoms with Gasteiger partial charge in [-0.3, -0.25) is 0 Å². The number of fused-ring (bicyclic) bond motifs is 1. The Bertz CT molecular complexity index is 765. The zero-order chi connectivity index (χ0) is 13.4. The molecule has 0 aliphatic rings. The highest BCUT2D eigenvalue weighted by Gasteiger charge is 2.19. The number of aromatic carboxylic acids is 1. The second-order valence-electron chi connectivity index (χ2n) is 3.99. The van der Waals surface area contributed by atoms with Crippen molar-refractivity contribution in [3.8, 4) is 17.0 Å². The van der Waals surface area contributed by atoms with E-state index in [0.717, 1.165) is 10.9 Å². The number of rotatable bonds is 2. The molecule has 3 rings (SSSR count). The van der Waals surface area contributed by atoms with Crippen LogP contribution in [0.4, 0.5) is 0 Å². The number of aromatic hydroxyl groups is 1. The number of nitrogens with zero attached hydrogens (tertiary/aromatic N) is 1. The molecule has 3 aromatic rings. The summed E-state index contributed by atoms with van der Waals surface area (Å²) in [6.45, 7) is 0. The Hall–Kier alpha value is -2.40. The van der Waals surface area contributed by atoms with Gasteiger partial charge in [-0.05, 0) is 11.4 Å². The van der Waals surface area contributed by atoms with Gasteiger partial charge in [-0.2, -0.15) is 0 Å². The fraction of sp³-hybridized carbons (Fsp3) is 0. The summed E-state index contributed by atoms with van der Waals surface area (Å²) in [5, 5.41) is 21.6. The number of carbonyl (C=O) groups is 1. The van der Waals surface area contributed by atoms with E-state index in [1.165, 1.54) is 11.3 Å². The van der Waals surface area contributed by atoms with Gasteiger partial charge in [-0.1, -0.05) is 30.3 Å². The lowest BCUT2D eigenvalue weighted by Gasteiger charge is -2.07. The molecule has 0 atom stereocenters. The van der Waals surface area contributed by atoms with Gasteiger partial charge >= 0.3 is 5.97 Å². The second-order valence-corrected chi connectivity index (χ2v) is 4.91. The Morgan fingerprint density at radius 1 is 1.16 bits per heavy atom. The summed E-state index contributed by atoms with van der Waals surface area (Å²) in [7, 11) is 0. The Kier molecular flexibility index (Phi) is 2.68. The smallest absolute Gasteiger partial charge is 0.358 e. The van der Waals surface area contributed by atoms with Crippen LogP contribution in [0.25, 0.3) is 21.3 Å². The van der Waals surface area contributed by atoms with Crippen LogP contribution in [0.5, 0.6) is 5.75 Å². The molecule has 0 amide bonds. The molecule has 2 N–H and O–H groups in total. The fourth-order valence-electron chi connectivity index (χ4n) is 1.98. The molecule has 0 spiro atoms. The molecule has 1 aromatic carbocycles. The summed E-state index contributed by atoms with van der Waals surface area (Å²) in [5.74, 6) is -1.50. The van der Waals surface area contributed by atoms with Crippen LogP contribution in [0.3, 0.4) is 0 Å². The van der Waals surface area contributed by atoms with Crippen molar-refractivity contribution in [2.75, 3.05) is 0 Å². The van der Waals surface area contributed by atoms with E-state index in [-0.39, 0.29) is 11.4 Å². The van der Waals surface area contributed by atoms with Gasteiger partial charge in [0, 0.05) is 10.9 Å². The van der Waals surface area contributed by atoms with Crippen molar-refractivity contribution in [2.45, 2.75) is 0 Å². The summed E-state index contributed by atoms with van der Waals surface area (Å²) in [6, 6.07) is 11.2. The minimum atomic E-state index is -1.23. The third-order valence-electron chi connectivity index (χ3n) is 2.83. The molecule has 0 unspecified atom stereocenters. The van der Waals surface area contributed by atoms with E-state index in [0.29, 0.717) is 10.4 Å². The first-order valence-corrected chi connectivity index (χ1v) is 6.45. The number of hydrogen-bond donors (Lipinski definition) is 2. The maximum absolute atomic E-state index is 11.2. The normalized spacial score (nSPS) is 10.7. The summed E-state index contributed by atoms with van der Waals surface area (Å²) in [6.07, 6.45) is 0. The van der Waals surface area contributed by atoms with E-state index < -0.39 is 5.97 Å². The van der Waals surface area contributed by atoms with Crippen LogP contribution < -0.4 is 0 Å². The molecular formula is C14H9NO3S. The zero-order valence-corrected chi connectivity index (χ0v) is 10.5. The molecule has 0 aliphatic heterocycles. The maximum Gasteiger partial charge on any atom is 0.358 e. The predicted octanol–water partition coefficient (Wildman–Crippen LogP) is 3.37. The average Bonchev–Trinajstić information content (AvgIpc) is 2.89. The van der Waals surface area contributed by atoms with E-state index in [2.05, 4.69) is 4.98 Å². The zero-order valence-electron chi connectivity index (χ0n) is 9.70. The van der Waals surface area contributed by atoms with Crippen molar-refractivity contribution in [3.05, 3.63) is 47.5 Å². The molecule has 0 bridgehead atoms. The monoisotopic (exact) mass is 271 g/mol. The molecule has 0 saturated carbocycles. The molecule has 5 heteroatoms. The lowest BCUT2D eigenvalue weighted by molar-refractivity contribution is 0.0687. The summed E-state index contributed by atoms with van der Waals surface area (Å²) < 4.78 is 0.547. The minimum Gasteiger partial charge on any atom is -0.504 e. The van der Waals surface area contributed by atoms with E-state index >= 15 is 0 Å². The minimum absolute atomic E-state index is 0.266. The SMILES string of the molecule is O=C(O)c1nc(-c2ccccc2)c2ccsc2c1O. The van der Waals surface area contributed by atoms with Gasteiger partial charge in [0.25, 0.3) is 0 Å². The van der Waals surface area contributed by atoms with Gasteiger partial charge in [-0.25, -0.2) is 9.78 Å². The Morgan fingerprint density at radius 2 is 1.89 bits per heavy atom. The summed E-state index contributed by atoms with van der Waals surface area (Å²) in [5.41, 5.74) is 1.09. The van der Waals surface area contributed by atoms with Gasteiger partial charge in [0.05, 0.1) is 10.4 Å². The van der Waals surface area contributed by atoms with Crippen LogP contribution >= 0.6 is 11.3 Å². The van der Waals surface area contributed by atoms with Crippen molar-refractivity contribution in [1.29, 1.82) is 0 Å². The van der Waals surface area contributed by atoms with Crippen molar-refractivity contribution in [1.82, 2.24) is 4.98 Å². The molecule has 2 aromatic heterocycles. The number of carboxylic acids is 1. The third kappa shape index (κ3) is 1.84. The molecule has 4 nitrogen and oxygen atoms in total. The number of pyridine rings is 1. The highest BCUT2D eigenvalue weighted by atomic mass is 32.1. The van der Waals surface area contributed by atoms with Gasteiger partial charge in [0.1, 0.15) is 0 Å². The standard InChI is InChI=1S/C14H9NO3S/c16-12-11(14(17)18)15-10(8-4-2-1-3-5-8)9-6-7-19-13(9)12/h1-7,16H,(H,17,18). The third-order valence-corrected chi connectivity index (χ3v) is 3.75. The second kappa shape index (κ2) is 4.37. The number of aromatic nitrogens is 1. The Labute approximate surface area is 112 Å². The predicted molar refractivity (Wildman–Crippen MR) is 73.7 cm³/mol. The van der Waals surface area contributed by atoms with E-state index in [1.807, 2.05) is 41.8 Å². The molecule has 19 heavy (non-hydrogen) atoms. The Morgan fingerprint density at radius 3 is 2.58 bits per heavy atom. The van der Waals surface area contributed by atoms with Crippen LogP contribution in [0.15, 0.2) is 41.8 Å². The molecule has 0 aliphatic carbocycles. The first-order chi connectivity index (χ1) is 9.18. The number of hydrogen-bond acceptors (Lipinski definition) is 4.